The van der Waals surface area contributed by atoms with Gasteiger partial charge in [-0.1, -0.05) is 41.0 Å². The lowest BCUT2D eigenvalue weighted by molar-refractivity contribution is 0.0342. The van der Waals surface area contributed by atoms with Crippen LogP contribution in [-0.4, -0.2) is 47.3 Å². The van der Waals surface area contributed by atoms with Gasteiger partial charge in [-0.15, -0.1) is 0 Å². The SMILES string of the molecule is O=C(NCc1nc(-c2ccccc2Cl)no1)c1ccc(CN2CCOCC2)cc1. The monoisotopic (exact) mass is 412 g/mol. The molecule has 1 aromatic heterocycles. The van der Waals surface area contributed by atoms with Crippen LogP contribution < -0.4 is 5.32 Å². The molecule has 0 aliphatic carbocycles. The van der Waals surface area contributed by atoms with E-state index in [-0.39, 0.29) is 12.5 Å². The first kappa shape index (κ1) is 19.6. The molecule has 0 spiro atoms. The molecule has 1 amide bonds. The molecule has 2 aromatic carbocycles. The van der Waals surface area contributed by atoms with Gasteiger partial charge in [0, 0.05) is 30.8 Å². The van der Waals surface area contributed by atoms with Crippen LogP contribution in [0.25, 0.3) is 11.4 Å². The molecule has 0 radical (unpaired) electrons. The molecule has 4 rings (SSSR count). The number of halogens is 1. The number of morpholine rings is 1. The molecule has 150 valence electrons. The first-order valence-electron chi connectivity index (χ1n) is 9.44. The van der Waals surface area contributed by atoms with E-state index in [1.807, 2.05) is 42.5 Å². The molecule has 0 saturated carbocycles. The fourth-order valence-corrected chi connectivity index (χ4v) is 3.34. The minimum atomic E-state index is -0.194. The average Bonchev–Trinajstić information content (AvgIpc) is 3.22. The number of hydrogen-bond donors (Lipinski definition) is 1. The van der Waals surface area contributed by atoms with Crippen LogP contribution in [0, 0.1) is 0 Å². The van der Waals surface area contributed by atoms with Gasteiger partial charge in [-0.2, -0.15) is 4.98 Å². The minimum absolute atomic E-state index is 0.145. The summed E-state index contributed by atoms with van der Waals surface area (Å²) in [6.07, 6.45) is 0. The van der Waals surface area contributed by atoms with Crippen LogP contribution in [0.15, 0.2) is 53.1 Å². The van der Waals surface area contributed by atoms with Crippen molar-refractivity contribution in [1.29, 1.82) is 0 Å². The summed E-state index contributed by atoms with van der Waals surface area (Å²) < 4.78 is 10.6. The van der Waals surface area contributed by atoms with Crippen LogP contribution in [0.1, 0.15) is 21.8 Å². The van der Waals surface area contributed by atoms with E-state index in [2.05, 4.69) is 20.4 Å². The Kier molecular flexibility index (Phi) is 6.19. The van der Waals surface area contributed by atoms with Crippen molar-refractivity contribution in [2.45, 2.75) is 13.1 Å². The highest BCUT2D eigenvalue weighted by molar-refractivity contribution is 6.33. The normalized spacial score (nSPS) is 14.7. The van der Waals surface area contributed by atoms with E-state index < -0.39 is 0 Å². The Labute approximate surface area is 173 Å². The molecule has 1 aliphatic rings. The van der Waals surface area contributed by atoms with E-state index in [9.17, 15) is 4.79 Å². The number of nitrogens with one attached hydrogen (secondary N) is 1. The van der Waals surface area contributed by atoms with Crippen molar-refractivity contribution < 1.29 is 14.1 Å². The van der Waals surface area contributed by atoms with Crippen molar-refractivity contribution in [1.82, 2.24) is 20.4 Å². The van der Waals surface area contributed by atoms with Crippen molar-refractivity contribution in [3.05, 3.63) is 70.6 Å². The number of aromatic nitrogens is 2. The largest absolute Gasteiger partial charge is 0.379 e. The van der Waals surface area contributed by atoms with Crippen molar-refractivity contribution >= 4 is 17.5 Å². The van der Waals surface area contributed by atoms with E-state index in [0.29, 0.717) is 27.9 Å². The summed E-state index contributed by atoms with van der Waals surface area (Å²) >= 11 is 6.15. The molecule has 29 heavy (non-hydrogen) atoms. The fraction of sp³-hybridized carbons (Fsp3) is 0.286. The Bertz CT molecular complexity index is 968. The average molecular weight is 413 g/mol. The Hall–Kier alpha value is -2.74. The van der Waals surface area contributed by atoms with Crippen LogP contribution in [0.5, 0.6) is 0 Å². The second-order valence-electron chi connectivity index (χ2n) is 6.76. The smallest absolute Gasteiger partial charge is 0.251 e. The number of ether oxygens (including phenoxy) is 1. The predicted molar refractivity (Wildman–Crippen MR) is 108 cm³/mol. The van der Waals surface area contributed by atoms with Gasteiger partial charge in [-0.25, -0.2) is 0 Å². The topological polar surface area (TPSA) is 80.5 Å². The summed E-state index contributed by atoms with van der Waals surface area (Å²) in [5.41, 5.74) is 2.44. The Morgan fingerprint density at radius 1 is 1.10 bits per heavy atom. The van der Waals surface area contributed by atoms with E-state index in [0.717, 1.165) is 32.8 Å². The molecular formula is C21H21ClN4O3. The number of hydrogen-bond acceptors (Lipinski definition) is 6. The highest BCUT2D eigenvalue weighted by Gasteiger charge is 2.14. The summed E-state index contributed by atoms with van der Waals surface area (Å²) in [5, 5.41) is 7.27. The van der Waals surface area contributed by atoms with Gasteiger partial charge in [0.1, 0.15) is 0 Å². The zero-order valence-electron chi connectivity index (χ0n) is 15.8. The summed E-state index contributed by atoms with van der Waals surface area (Å²) in [6.45, 7) is 4.41. The lowest BCUT2D eigenvalue weighted by atomic mass is 10.1. The zero-order chi connectivity index (χ0) is 20.1. The van der Waals surface area contributed by atoms with Crippen molar-refractivity contribution in [2.24, 2.45) is 0 Å². The number of carbonyl (C=O) groups excluding carboxylic acids is 1. The van der Waals surface area contributed by atoms with Crippen molar-refractivity contribution in [2.75, 3.05) is 26.3 Å². The molecule has 7 nitrogen and oxygen atoms in total. The van der Waals surface area contributed by atoms with Crippen LogP contribution in [-0.2, 0) is 17.8 Å². The van der Waals surface area contributed by atoms with Gasteiger partial charge in [0.25, 0.3) is 5.91 Å². The molecule has 1 fully saturated rings. The molecule has 1 aliphatic heterocycles. The third-order valence-electron chi connectivity index (χ3n) is 4.71. The summed E-state index contributed by atoms with van der Waals surface area (Å²) in [5.74, 6) is 0.518. The molecule has 0 unspecified atom stereocenters. The Morgan fingerprint density at radius 3 is 2.62 bits per heavy atom. The number of amides is 1. The van der Waals surface area contributed by atoms with Crippen LogP contribution in [0.3, 0.4) is 0 Å². The van der Waals surface area contributed by atoms with Crippen molar-refractivity contribution in [3.63, 3.8) is 0 Å². The van der Waals surface area contributed by atoms with Crippen LogP contribution in [0.2, 0.25) is 5.02 Å². The lowest BCUT2D eigenvalue weighted by Crippen LogP contribution is -2.35. The van der Waals surface area contributed by atoms with Gasteiger partial charge in [0.2, 0.25) is 11.7 Å². The zero-order valence-corrected chi connectivity index (χ0v) is 16.6. The molecule has 0 atom stereocenters. The van der Waals surface area contributed by atoms with Crippen LogP contribution >= 0.6 is 11.6 Å². The van der Waals surface area contributed by atoms with Gasteiger partial charge in [-0.05, 0) is 29.8 Å². The third-order valence-corrected chi connectivity index (χ3v) is 5.04. The van der Waals surface area contributed by atoms with Gasteiger partial charge in [0.15, 0.2) is 0 Å². The number of rotatable bonds is 6. The minimum Gasteiger partial charge on any atom is -0.379 e. The summed E-state index contributed by atoms with van der Waals surface area (Å²) in [4.78, 5) is 19.0. The van der Waals surface area contributed by atoms with Crippen molar-refractivity contribution in [3.8, 4) is 11.4 Å². The molecule has 8 heteroatoms. The highest BCUT2D eigenvalue weighted by Crippen LogP contribution is 2.24. The first-order valence-corrected chi connectivity index (χ1v) is 9.81. The number of carbonyl (C=O) groups is 1. The fourth-order valence-electron chi connectivity index (χ4n) is 3.12. The Morgan fingerprint density at radius 2 is 1.86 bits per heavy atom. The molecule has 1 N–H and O–H groups in total. The molecule has 0 bridgehead atoms. The quantitative estimate of drug-likeness (QED) is 0.669. The third kappa shape index (κ3) is 5.00. The van der Waals surface area contributed by atoms with Gasteiger partial charge < -0.3 is 14.6 Å². The highest BCUT2D eigenvalue weighted by atomic mass is 35.5. The summed E-state index contributed by atoms with van der Waals surface area (Å²) in [6, 6.07) is 14.9. The standard InChI is InChI=1S/C21H21ClN4O3/c22-18-4-2-1-3-17(18)20-24-19(29-25-20)13-23-21(27)16-7-5-15(6-8-16)14-26-9-11-28-12-10-26/h1-8H,9-14H2,(H,23,27). The second-order valence-corrected chi connectivity index (χ2v) is 7.17. The number of nitrogens with zero attached hydrogens (tertiary/aromatic N) is 3. The summed E-state index contributed by atoms with van der Waals surface area (Å²) in [7, 11) is 0. The predicted octanol–water partition coefficient (Wildman–Crippen LogP) is 3.15. The molecule has 3 aromatic rings. The van der Waals surface area contributed by atoms with Gasteiger partial charge in [0.05, 0.1) is 24.8 Å². The van der Waals surface area contributed by atoms with E-state index in [4.69, 9.17) is 20.9 Å². The van der Waals surface area contributed by atoms with Gasteiger partial charge >= 0.3 is 0 Å². The Balaban J connectivity index is 1.32. The molecule has 1 saturated heterocycles. The first-order chi connectivity index (χ1) is 14.2. The maximum absolute atomic E-state index is 12.4. The molecule has 2 heterocycles. The molecular weight excluding hydrogens is 392 g/mol. The lowest BCUT2D eigenvalue weighted by Gasteiger charge is -2.26. The van der Waals surface area contributed by atoms with E-state index in [1.165, 1.54) is 5.56 Å². The van der Waals surface area contributed by atoms with Gasteiger partial charge in [-0.3, -0.25) is 9.69 Å². The maximum Gasteiger partial charge on any atom is 0.251 e. The number of benzene rings is 2. The van der Waals surface area contributed by atoms with E-state index >= 15 is 0 Å². The maximum atomic E-state index is 12.4. The van der Waals surface area contributed by atoms with Crippen LogP contribution in [0.4, 0.5) is 0 Å². The van der Waals surface area contributed by atoms with E-state index in [1.54, 1.807) is 6.07 Å². The second kappa shape index (κ2) is 9.17.